The molecule has 25 heavy (non-hydrogen) atoms. The molecule has 128 valence electrons. The van der Waals surface area contributed by atoms with Gasteiger partial charge < -0.3 is 5.32 Å². The van der Waals surface area contributed by atoms with Gasteiger partial charge in [0.15, 0.2) is 0 Å². The molecule has 1 amide bonds. The van der Waals surface area contributed by atoms with E-state index in [0.717, 1.165) is 41.6 Å². The Balaban J connectivity index is 1.36. The molecule has 0 radical (unpaired) electrons. The largest absolute Gasteiger partial charge is 0.353 e. The third-order valence-corrected chi connectivity index (χ3v) is 4.38. The fraction of sp³-hybridized carbons (Fsp3) is 0.353. The first-order valence-corrected chi connectivity index (χ1v) is 8.35. The van der Waals surface area contributed by atoms with Crippen molar-refractivity contribution in [1.29, 1.82) is 0 Å². The van der Waals surface area contributed by atoms with Crippen LogP contribution in [0.4, 0.5) is 0 Å². The van der Waals surface area contributed by atoms with Gasteiger partial charge in [-0.1, -0.05) is 17.3 Å². The van der Waals surface area contributed by atoms with E-state index in [4.69, 9.17) is 0 Å². The van der Waals surface area contributed by atoms with Crippen LogP contribution < -0.4 is 10.9 Å². The Labute approximate surface area is 143 Å². The van der Waals surface area contributed by atoms with Crippen LogP contribution in [0.5, 0.6) is 0 Å². The minimum Gasteiger partial charge on any atom is -0.353 e. The number of nitrogens with one attached hydrogen (secondary N) is 1. The highest BCUT2D eigenvalue weighted by atomic mass is 16.2. The second kappa shape index (κ2) is 6.46. The maximum absolute atomic E-state index is 12.1. The van der Waals surface area contributed by atoms with Crippen LogP contribution in [0.2, 0.25) is 0 Å². The summed E-state index contributed by atoms with van der Waals surface area (Å²) in [6.45, 7) is 0.792. The van der Waals surface area contributed by atoms with Gasteiger partial charge in [0.1, 0.15) is 12.1 Å². The van der Waals surface area contributed by atoms with E-state index in [-0.39, 0.29) is 18.0 Å². The fourth-order valence-corrected chi connectivity index (χ4v) is 3.13. The molecule has 0 aliphatic heterocycles. The van der Waals surface area contributed by atoms with E-state index >= 15 is 0 Å². The third kappa shape index (κ3) is 3.15. The molecule has 4 rings (SSSR count). The lowest BCUT2D eigenvalue weighted by Gasteiger charge is -2.08. The van der Waals surface area contributed by atoms with Crippen LogP contribution in [0.25, 0.3) is 11.0 Å². The molecular weight excluding hydrogens is 320 g/mol. The zero-order valence-electron chi connectivity index (χ0n) is 13.7. The number of hydrogen-bond donors (Lipinski definition) is 1. The summed E-state index contributed by atoms with van der Waals surface area (Å²) in [6.07, 6.45) is 2.90. The van der Waals surface area contributed by atoms with Crippen molar-refractivity contribution in [2.24, 2.45) is 0 Å². The summed E-state index contributed by atoms with van der Waals surface area (Å²) in [5.41, 5.74) is 3.51. The number of benzene rings is 1. The Kier molecular flexibility index (Phi) is 4.01. The lowest BCUT2D eigenvalue weighted by Crippen LogP contribution is -2.34. The number of hydrogen-bond acceptors (Lipinski definition) is 5. The molecule has 8 nitrogen and oxygen atoms in total. The molecule has 2 aromatic heterocycles. The maximum atomic E-state index is 12.1. The molecule has 0 unspecified atom stereocenters. The van der Waals surface area contributed by atoms with Gasteiger partial charge in [-0.2, -0.15) is 5.10 Å². The molecule has 1 N–H and O–H groups in total. The Morgan fingerprint density at radius 3 is 3.00 bits per heavy atom. The topological polar surface area (TPSA) is 94.7 Å². The van der Waals surface area contributed by atoms with Gasteiger partial charge in [-0.3, -0.25) is 9.59 Å². The molecule has 0 bridgehead atoms. The molecular formula is C17H18N6O2. The minimum atomic E-state index is -0.176. The predicted octanol–water partition coefficient (Wildman–Crippen LogP) is 0.293. The van der Waals surface area contributed by atoms with Crippen LogP contribution in [-0.4, -0.2) is 37.2 Å². The van der Waals surface area contributed by atoms with E-state index in [2.05, 4.69) is 20.7 Å². The van der Waals surface area contributed by atoms with Crippen molar-refractivity contribution >= 4 is 16.9 Å². The lowest BCUT2D eigenvalue weighted by atomic mass is 10.2. The van der Waals surface area contributed by atoms with Gasteiger partial charge in [-0.15, -0.1) is 5.10 Å². The molecule has 0 spiro atoms. The van der Waals surface area contributed by atoms with Crippen LogP contribution in [0.1, 0.15) is 17.7 Å². The first kappa shape index (κ1) is 15.5. The van der Waals surface area contributed by atoms with Gasteiger partial charge in [-0.05, 0) is 37.0 Å². The van der Waals surface area contributed by atoms with E-state index in [1.807, 2.05) is 24.3 Å². The van der Waals surface area contributed by atoms with Crippen LogP contribution in [0.3, 0.4) is 0 Å². The van der Waals surface area contributed by atoms with E-state index < -0.39 is 0 Å². The molecule has 0 saturated carbocycles. The average Bonchev–Trinajstić information content (AvgIpc) is 3.22. The summed E-state index contributed by atoms with van der Waals surface area (Å²) in [4.78, 5) is 24.1. The number of nitrogens with zero attached hydrogens (tertiary/aromatic N) is 5. The number of carbonyl (C=O) groups is 1. The monoisotopic (exact) mass is 338 g/mol. The van der Waals surface area contributed by atoms with Crippen LogP contribution in [0, 0.1) is 0 Å². The Bertz CT molecular complexity index is 990. The van der Waals surface area contributed by atoms with Crippen molar-refractivity contribution in [1.82, 2.24) is 30.1 Å². The average molecular weight is 338 g/mol. The third-order valence-electron chi connectivity index (χ3n) is 4.38. The molecule has 0 atom stereocenters. The molecule has 1 aliphatic carbocycles. The normalized spacial score (nSPS) is 13.1. The summed E-state index contributed by atoms with van der Waals surface area (Å²) in [5.74, 6) is -0.176. The number of amides is 1. The molecule has 1 aliphatic rings. The van der Waals surface area contributed by atoms with Crippen molar-refractivity contribution in [3.8, 4) is 0 Å². The number of fused-ring (bicyclic) bond motifs is 2. The second-order valence-corrected chi connectivity index (χ2v) is 6.12. The summed E-state index contributed by atoms with van der Waals surface area (Å²) < 4.78 is 2.99. The summed E-state index contributed by atoms with van der Waals surface area (Å²) in [5, 5.41) is 15.2. The quantitative estimate of drug-likeness (QED) is 0.722. The smallest absolute Gasteiger partial charge is 0.267 e. The molecule has 1 aromatic carbocycles. The SMILES string of the molecule is O=C(Cn1nnc2ccccc21)NCCn1nc2c(cc1=O)CCC2. The van der Waals surface area contributed by atoms with Crippen molar-refractivity contribution in [2.45, 2.75) is 32.4 Å². The minimum absolute atomic E-state index is 0.0903. The van der Waals surface area contributed by atoms with Crippen LogP contribution >= 0.6 is 0 Å². The highest BCUT2D eigenvalue weighted by Gasteiger charge is 2.14. The highest BCUT2D eigenvalue weighted by molar-refractivity contribution is 5.79. The number of aromatic nitrogens is 5. The summed E-state index contributed by atoms with van der Waals surface area (Å²) in [7, 11) is 0. The zero-order valence-corrected chi connectivity index (χ0v) is 13.7. The van der Waals surface area contributed by atoms with Gasteiger partial charge in [0.05, 0.1) is 17.8 Å². The van der Waals surface area contributed by atoms with E-state index in [9.17, 15) is 9.59 Å². The van der Waals surface area contributed by atoms with Gasteiger partial charge in [0.25, 0.3) is 5.56 Å². The van der Waals surface area contributed by atoms with Gasteiger partial charge >= 0.3 is 0 Å². The molecule has 0 saturated heterocycles. The number of carbonyl (C=O) groups excluding carboxylic acids is 1. The standard InChI is InChI=1S/C17H18N6O2/c24-16(11-23-15-7-2-1-5-14(15)19-21-23)18-8-9-22-17(25)10-12-4-3-6-13(12)20-22/h1-2,5,7,10H,3-4,6,8-9,11H2,(H,18,24). The fourth-order valence-electron chi connectivity index (χ4n) is 3.13. The second-order valence-electron chi connectivity index (χ2n) is 6.12. The van der Waals surface area contributed by atoms with Crippen molar-refractivity contribution < 1.29 is 4.79 Å². The van der Waals surface area contributed by atoms with Gasteiger partial charge in [0, 0.05) is 12.6 Å². The van der Waals surface area contributed by atoms with Crippen LogP contribution in [0.15, 0.2) is 35.1 Å². The Morgan fingerprint density at radius 1 is 1.20 bits per heavy atom. The van der Waals surface area contributed by atoms with E-state index in [1.165, 1.54) is 4.68 Å². The van der Waals surface area contributed by atoms with Crippen molar-refractivity contribution in [2.75, 3.05) is 6.54 Å². The maximum Gasteiger partial charge on any atom is 0.267 e. The first-order chi connectivity index (χ1) is 12.2. The first-order valence-electron chi connectivity index (χ1n) is 8.35. The summed E-state index contributed by atoms with van der Waals surface area (Å²) >= 11 is 0. The molecule has 2 heterocycles. The number of para-hydroxylation sites is 1. The summed E-state index contributed by atoms with van der Waals surface area (Å²) in [6, 6.07) is 9.15. The van der Waals surface area contributed by atoms with Crippen molar-refractivity contribution in [3.63, 3.8) is 0 Å². The van der Waals surface area contributed by atoms with E-state index in [1.54, 1.807) is 10.7 Å². The predicted molar refractivity (Wildman–Crippen MR) is 91.1 cm³/mol. The van der Waals surface area contributed by atoms with Crippen molar-refractivity contribution in [3.05, 3.63) is 51.9 Å². The van der Waals surface area contributed by atoms with Gasteiger partial charge in [0.2, 0.25) is 5.91 Å². The van der Waals surface area contributed by atoms with Gasteiger partial charge in [-0.25, -0.2) is 9.36 Å². The number of aryl methyl sites for hydroxylation is 2. The lowest BCUT2D eigenvalue weighted by molar-refractivity contribution is -0.121. The molecule has 8 heteroatoms. The highest BCUT2D eigenvalue weighted by Crippen LogP contribution is 2.16. The zero-order chi connectivity index (χ0) is 17.2. The Hall–Kier alpha value is -3.03. The Morgan fingerprint density at radius 2 is 2.08 bits per heavy atom. The number of rotatable bonds is 5. The molecule has 3 aromatic rings. The van der Waals surface area contributed by atoms with Crippen LogP contribution in [-0.2, 0) is 30.7 Å². The molecule has 0 fully saturated rings. The van der Waals surface area contributed by atoms with E-state index in [0.29, 0.717) is 13.1 Å².